The summed E-state index contributed by atoms with van der Waals surface area (Å²) < 4.78 is 0. The summed E-state index contributed by atoms with van der Waals surface area (Å²) in [6.07, 6.45) is 14.4. The van der Waals surface area contributed by atoms with Crippen LogP contribution in [0, 0.1) is 5.92 Å². The molecule has 2 aromatic carbocycles. The maximum absolute atomic E-state index is 2.50. The third-order valence-electron chi connectivity index (χ3n) is 6.35. The highest BCUT2D eigenvalue weighted by Gasteiger charge is 2.35. The molecule has 0 spiro atoms. The van der Waals surface area contributed by atoms with E-state index in [1.165, 1.54) is 55.9 Å². The van der Waals surface area contributed by atoms with E-state index in [4.69, 9.17) is 0 Å². The highest BCUT2D eigenvalue weighted by molar-refractivity contribution is 5.96. The smallest absolute Gasteiger partial charge is 0.00333 e. The molecule has 0 fully saturated rings. The van der Waals surface area contributed by atoms with Gasteiger partial charge in [-0.25, -0.2) is 0 Å². The van der Waals surface area contributed by atoms with E-state index >= 15 is 0 Å². The molecule has 0 saturated heterocycles. The average molecular weight is 319 g/mol. The molecular formula is C24H30. The number of allylic oxidation sites excluding steroid dienone is 1. The van der Waals surface area contributed by atoms with Gasteiger partial charge in [-0.05, 0) is 58.6 Å². The minimum atomic E-state index is 0.651. The van der Waals surface area contributed by atoms with E-state index < -0.39 is 0 Å². The van der Waals surface area contributed by atoms with Crippen LogP contribution in [0.4, 0.5) is 0 Å². The van der Waals surface area contributed by atoms with E-state index in [2.05, 4.69) is 56.3 Å². The van der Waals surface area contributed by atoms with E-state index in [1.54, 1.807) is 16.5 Å². The molecule has 126 valence electrons. The van der Waals surface area contributed by atoms with E-state index in [1.807, 2.05) is 0 Å². The van der Waals surface area contributed by atoms with Crippen LogP contribution >= 0.6 is 0 Å². The number of unbranched alkanes of at least 4 members (excludes halogenated alkanes) is 2. The van der Waals surface area contributed by atoms with Gasteiger partial charge in [0.15, 0.2) is 0 Å². The van der Waals surface area contributed by atoms with E-state index in [0.29, 0.717) is 5.92 Å². The average Bonchev–Trinajstić information content (AvgIpc) is 2.63. The molecule has 3 atom stereocenters. The Hall–Kier alpha value is -1.56. The molecule has 0 amide bonds. The van der Waals surface area contributed by atoms with Crippen LogP contribution in [0.2, 0.25) is 0 Å². The predicted octanol–water partition coefficient (Wildman–Crippen LogP) is 7.43. The third-order valence-corrected chi connectivity index (χ3v) is 6.35. The van der Waals surface area contributed by atoms with Gasteiger partial charge in [0.05, 0.1) is 0 Å². The first-order chi connectivity index (χ1) is 11.8. The molecule has 0 saturated carbocycles. The van der Waals surface area contributed by atoms with Gasteiger partial charge < -0.3 is 0 Å². The Bertz CT molecular complexity index is 752. The third kappa shape index (κ3) is 2.61. The zero-order valence-corrected chi connectivity index (χ0v) is 15.2. The summed E-state index contributed by atoms with van der Waals surface area (Å²) in [5.74, 6) is 2.31. The van der Waals surface area contributed by atoms with E-state index in [9.17, 15) is 0 Å². The summed E-state index contributed by atoms with van der Waals surface area (Å²) in [5, 5.41) is 2.99. The summed E-state index contributed by atoms with van der Waals surface area (Å²) in [6.45, 7) is 4.66. The Morgan fingerprint density at radius 3 is 2.62 bits per heavy atom. The normalized spacial score (nSPS) is 24.5. The standard InChI is InChI=1S/C24H30/c1-3-5-8-19-16-20-13-12-17-9-7-10-18-14-15-22(24(20)23(17)18)21(19)11-6-4-2/h7,9-10,12-15,19-21H,3-6,8,11,16H2,1-2H3. The van der Waals surface area contributed by atoms with E-state index in [0.717, 1.165) is 11.8 Å². The molecule has 0 N–H and O–H groups in total. The Morgan fingerprint density at radius 1 is 0.958 bits per heavy atom. The first-order valence-corrected chi connectivity index (χ1v) is 10.1. The van der Waals surface area contributed by atoms with Crippen molar-refractivity contribution < 1.29 is 0 Å². The fraction of sp³-hybridized carbons (Fsp3) is 0.500. The molecule has 0 radical (unpaired) electrons. The summed E-state index contributed by atoms with van der Waals surface area (Å²) in [7, 11) is 0. The van der Waals surface area contributed by atoms with Crippen molar-refractivity contribution >= 4 is 16.8 Å². The van der Waals surface area contributed by atoms with Crippen molar-refractivity contribution in [2.45, 2.75) is 70.6 Å². The van der Waals surface area contributed by atoms with Crippen LogP contribution in [0.15, 0.2) is 36.4 Å². The van der Waals surface area contributed by atoms with E-state index in [-0.39, 0.29) is 0 Å². The van der Waals surface area contributed by atoms with Crippen molar-refractivity contribution in [1.82, 2.24) is 0 Å². The second-order valence-corrected chi connectivity index (χ2v) is 7.87. The summed E-state index contributed by atoms with van der Waals surface area (Å²) in [6, 6.07) is 11.6. The molecule has 2 aromatic rings. The molecule has 0 aromatic heterocycles. The van der Waals surface area contributed by atoms with Crippen LogP contribution in [-0.2, 0) is 0 Å². The first kappa shape index (κ1) is 15.9. The van der Waals surface area contributed by atoms with Crippen molar-refractivity contribution in [3.05, 3.63) is 53.1 Å². The molecular weight excluding hydrogens is 288 g/mol. The van der Waals surface area contributed by atoms with Crippen LogP contribution in [0.3, 0.4) is 0 Å². The van der Waals surface area contributed by atoms with Gasteiger partial charge in [0.1, 0.15) is 0 Å². The predicted molar refractivity (Wildman–Crippen MR) is 106 cm³/mol. The lowest BCUT2D eigenvalue weighted by atomic mass is 9.64. The Labute approximate surface area is 147 Å². The maximum Gasteiger partial charge on any atom is 0.00333 e. The van der Waals surface area contributed by atoms with Crippen LogP contribution < -0.4 is 0 Å². The van der Waals surface area contributed by atoms with Crippen molar-refractivity contribution in [1.29, 1.82) is 0 Å². The Morgan fingerprint density at radius 2 is 1.79 bits per heavy atom. The number of benzene rings is 2. The highest BCUT2D eigenvalue weighted by Crippen LogP contribution is 2.51. The largest absolute Gasteiger partial charge is 0.0763 e. The molecule has 2 aliphatic carbocycles. The first-order valence-electron chi connectivity index (χ1n) is 10.1. The molecule has 0 heterocycles. The van der Waals surface area contributed by atoms with Gasteiger partial charge in [0, 0.05) is 5.92 Å². The molecule has 4 rings (SSSR count). The van der Waals surface area contributed by atoms with Gasteiger partial charge in [0.2, 0.25) is 0 Å². The quantitative estimate of drug-likeness (QED) is 0.519. The lowest BCUT2D eigenvalue weighted by molar-refractivity contribution is 0.309. The minimum Gasteiger partial charge on any atom is -0.0763 e. The van der Waals surface area contributed by atoms with Gasteiger partial charge in [-0.3, -0.25) is 0 Å². The van der Waals surface area contributed by atoms with Crippen LogP contribution in [-0.4, -0.2) is 0 Å². The molecule has 0 aliphatic heterocycles. The van der Waals surface area contributed by atoms with Crippen LogP contribution in [0.1, 0.15) is 87.3 Å². The second-order valence-electron chi connectivity index (χ2n) is 7.87. The summed E-state index contributed by atoms with van der Waals surface area (Å²) >= 11 is 0. The minimum absolute atomic E-state index is 0.651. The topological polar surface area (TPSA) is 0 Å². The SMILES string of the molecule is CCCCC1CC2C=Cc3cccc4ccc(c2c34)C1CCCC. The van der Waals surface area contributed by atoms with Gasteiger partial charge in [-0.1, -0.05) is 82.0 Å². The van der Waals surface area contributed by atoms with Crippen molar-refractivity contribution in [3.8, 4) is 0 Å². The van der Waals surface area contributed by atoms with Gasteiger partial charge >= 0.3 is 0 Å². The molecule has 24 heavy (non-hydrogen) atoms. The molecule has 0 nitrogen and oxygen atoms in total. The summed E-state index contributed by atoms with van der Waals surface area (Å²) in [5.41, 5.74) is 4.80. The Kier molecular flexibility index (Phi) is 4.48. The number of hydrogen-bond donors (Lipinski definition) is 0. The van der Waals surface area contributed by atoms with Crippen LogP contribution in [0.25, 0.3) is 16.8 Å². The fourth-order valence-corrected chi connectivity index (χ4v) is 5.17. The van der Waals surface area contributed by atoms with Gasteiger partial charge in [0.25, 0.3) is 0 Å². The molecule has 3 unspecified atom stereocenters. The zero-order chi connectivity index (χ0) is 16.5. The molecule has 2 aliphatic rings. The fourth-order valence-electron chi connectivity index (χ4n) is 5.17. The van der Waals surface area contributed by atoms with Crippen molar-refractivity contribution in [3.63, 3.8) is 0 Å². The molecule has 0 bridgehead atoms. The van der Waals surface area contributed by atoms with Gasteiger partial charge in [-0.2, -0.15) is 0 Å². The monoisotopic (exact) mass is 318 g/mol. The van der Waals surface area contributed by atoms with Crippen molar-refractivity contribution in [2.75, 3.05) is 0 Å². The molecule has 0 heteroatoms. The summed E-state index contributed by atoms with van der Waals surface area (Å²) in [4.78, 5) is 0. The second kappa shape index (κ2) is 6.75. The zero-order valence-electron chi connectivity index (χ0n) is 15.2. The lowest BCUT2D eigenvalue weighted by Gasteiger charge is -2.40. The van der Waals surface area contributed by atoms with Gasteiger partial charge in [-0.15, -0.1) is 0 Å². The van der Waals surface area contributed by atoms with Crippen molar-refractivity contribution in [2.24, 2.45) is 5.92 Å². The highest BCUT2D eigenvalue weighted by atomic mass is 14.4. The lowest BCUT2D eigenvalue weighted by Crippen LogP contribution is -2.25. The number of hydrogen-bond acceptors (Lipinski definition) is 0. The number of rotatable bonds is 6. The van der Waals surface area contributed by atoms with Crippen LogP contribution in [0.5, 0.6) is 0 Å². The maximum atomic E-state index is 2.50. The Balaban J connectivity index is 1.83.